The van der Waals surface area contributed by atoms with Crippen LogP contribution in [0.3, 0.4) is 0 Å². The fraction of sp³-hybridized carbons (Fsp3) is 0.227. The summed E-state index contributed by atoms with van der Waals surface area (Å²) in [4.78, 5) is 25.0. The van der Waals surface area contributed by atoms with E-state index in [4.69, 9.17) is 9.47 Å². The maximum absolute atomic E-state index is 12.6. The molecule has 9 heteroatoms. The molecule has 2 aromatic carbocycles. The fourth-order valence-corrected chi connectivity index (χ4v) is 3.13. The summed E-state index contributed by atoms with van der Waals surface area (Å²) in [6.45, 7) is 4.33. The van der Waals surface area contributed by atoms with Gasteiger partial charge in [-0.15, -0.1) is 0 Å². The van der Waals surface area contributed by atoms with Crippen LogP contribution in [-0.4, -0.2) is 35.3 Å². The summed E-state index contributed by atoms with van der Waals surface area (Å²) in [6, 6.07) is 12.4. The van der Waals surface area contributed by atoms with Gasteiger partial charge < -0.3 is 9.47 Å². The number of nitrogens with zero attached hydrogens (tertiary/aromatic N) is 2. The monoisotopic (exact) mass is 486 g/mol. The first-order chi connectivity index (χ1) is 14.9. The highest BCUT2D eigenvalue weighted by molar-refractivity contribution is 9.10. The highest BCUT2D eigenvalue weighted by Crippen LogP contribution is 2.28. The minimum atomic E-state index is -0.480. The van der Waals surface area contributed by atoms with Gasteiger partial charge in [0.2, 0.25) is 0 Å². The first-order valence-corrected chi connectivity index (χ1v) is 10.5. The van der Waals surface area contributed by atoms with Gasteiger partial charge >= 0.3 is 0 Å². The Balaban J connectivity index is 1.67. The zero-order valence-electron chi connectivity index (χ0n) is 17.4. The molecule has 3 aromatic rings. The van der Waals surface area contributed by atoms with Crippen molar-refractivity contribution in [3.05, 3.63) is 70.0 Å². The number of ether oxygens (including phenoxy) is 2. The highest BCUT2D eigenvalue weighted by atomic mass is 79.9. The number of aromatic nitrogens is 2. The quantitative estimate of drug-likeness (QED) is 0.495. The van der Waals surface area contributed by atoms with Crippen molar-refractivity contribution in [1.29, 1.82) is 0 Å². The lowest BCUT2D eigenvalue weighted by Gasteiger charge is -2.12. The van der Waals surface area contributed by atoms with Crippen molar-refractivity contribution >= 4 is 27.7 Å². The van der Waals surface area contributed by atoms with Crippen molar-refractivity contribution in [2.45, 2.75) is 20.3 Å². The van der Waals surface area contributed by atoms with E-state index in [9.17, 15) is 9.59 Å². The number of benzene rings is 2. The average Bonchev–Trinajstić information content (AvgIpc) is 3.17. The molecule has 0 aliphatic rings. The van der Waals surface area contributed by atoms with Crippen LogP contribution in [-0.2, 0) is 0 Å². The van der Waals surface area contributed by atoms with Crippen molar-refractivity contribution in [1.82, 2.24) is 20.6 Å². The number of hydrogen-bond acceptors (Lipinski definition) is 5. The second-order valence-corrected chi connectivity index (χ2v) is 7.57. The standard InChI is InChI=1S/C22H23BrN4O4/c1-4-11-31-19-10-5-15(12-20(19)30-3)21(28)25-26-22(29)18-13-24-27(14(18)2)17-8-6-16(23)7-9-17/h5-10,12-13H,4,11H2,1-3H3,(H,25,28)(H,26,29). The Bertz CT molecular complexity index is 1080. The summed E-state index contributed by atoms with van der Waals surface area (Å²) in [7, 11) is 1.50. The van der Waals surface area contributed by atoms with Gasteiger partial charge in [-0.25, -0.2) is 4.68 Å². The molecule has 162 valence electrons. The number of amides is 2. The third-order valence-corrected chi connectivity index (χ3v) is 5.03. The lowest BCUT2D eigenvalue weighted by Crippen LogP contribution is -2.41. The number of halogens is 1. The molecular formula is C22H23BrN4O4. The van der Waals surface area contributed by atoms with E-state index in [0.717, 1.165) is 16.6 Å². The number of hydrazine groups is 1. The minimum absolute atomic E-state index is 0.322. The first kappa shape index (κ1) is 22.4. The second-order valence-electron chi connectivity index (χ2n) is 6.65. The van der Waals surface area contributed by atoms with Crippen LogP contribution in [0.2, 0.25) is 0 Å². The molecule has 0 bridgehead atoms. The van der Waals surface area contributed by atoms with E-state index in [2.05, 4.69) is 31.9 Å². The number of hydrogen-bond donors (Lipinski definition) is 2. The van der Waals surface area contributed by atoms with E-state index in [0.29, 0.717) is 34.9 Å². The van der Waals surface area contributed by atoms with Crippen molar-refractivity contribution in [3.8, 4) is 17.2 Å². The van der Waals surface area contributed by atoms with Crippen LogP contribution in [0.4, 0.5) is 0 Å². The summed E-state index contributed by atoms with van der Waals surface area (Å²) in [5.74, 6) is 0.0516. The van der Waals surface area contributed by atoms with Gasteiger partial charge in [0.25, 0.3) is 11.8 Å². The molecule has 8 nitrogen and oxygen atoms in total. The van der Waals surface area contributed by atoms with E-state index in [1.165, 1.54) is 13.3 Å². The van der Waals surface area contributed by atoms with Crippen LogP contribution >= 0.6 is 15.9 Å². The molecule has 0 fully saturated rings. The maximum atomic E-state index is 12.6. The summed E-state index contributed by atoms with van der Waals surface area (Å²) in [5.41, 5.74) is 6.98. The Labute approximate surface area is 188 Å². The van der Waals surface area contributed by atoms with Gasteiger partial charge in [0.1, 0.15) is 0 Å². The van der Waals surface area contributed by atoms with E-state index >= 15 is 0 Å². The Hall–Kier alpha value is -3.33. The van der Waals surface area contributed by atoms with Gasteiger partial charge in [0.05, 0.1) is 36.9 Å². The maximum Gasteiger partial charge on any atom is 0.273 e. The minimum Gasteiger partial charge on any atom is -0.493 e. The lowest BCUT2D eigenvalue weighted by atomic mass is 10.2. The van der Waals surface area contributed by atoms with Crippen molar-refractivity contribution in [2.24, 2.45) is 0 Å². The number of rotatable bonds is 7. The normalized spacial score (nSPS) is 10.5. The summed E-state index contributed by atoms with van der Waals surface area (Å²) < 4.78 is 13.5. The van der Waals surface area contributed by atoms with E-state index in [1.807, 2.05) is 31.2 Å². The SMILES string of the molecule is CCCOc1ccc(C(=O)NNC(=O)c2cnn(-c3ccc(Br)cc3)c2C)cc1OC. The predicted molar refractivity (Wildman–Crippen MR) is 120 cm³/mol. The van der Waals surface area contributed by atoms with Crippen LogP contribution in [0.1, 0.15) is 39.8 Å². The van der Waals surface area contributed by atoms with Gasteiger partial charge in [0, 0.05) is 10.0 Å². The summed E-state index contributed by atoms with van der Waals surface area (Å²) >= 11 is 3.39. The van der Waals surface area contributed by atoms with Gasteiger partial charge in [-0.3, -0.25) is 20.4 Å². The largest absolute Gasteiger partial charge is 0.493 e. The van der Waals surface area contributed by atoms with Gasteiger partial charge in [-0.1, -0.05) is 22.9 Å². The molecule has 0 aliphatic heterocycles. The Kier molecular flexibility index (Phi) is 7.30. The molecule has 2 N–H and O–H groups in total. The van der Waals surface area contributed by atoms with E-state index in [-0.39, 0.29) is 0 Å². The smallest absolute Gasteiger partial charge is 0.273 e. The molecule has 1 heterocycles. The summed E-state index contributed by atoms with van der Waals surface area (Å²) in [6.07, 6.45) is 2.32. The molecule has 0 atom stereocenters. The van der Waals surface area contributed by atoms with Crippen LogP contribution < -0.4 is 20.3 Å². The second kappa shape index (κ2) is 10.1. The zero-order chi connectivity index (χ0) is 22.4. The number of carbonyl (C=O) groups excluding carboxylic acids is 2. The van der Waals surface area contributed by atoms with Gasteiger partial charge in [0.15, 0.2) is 11.5 Å². The Morgan fingerprint density at radius 2 is 1.77 bits per heavy atom. The van der Waals surface area contributed by atoms with Crippen LogP contribution in [0.25, 0.3) is 5.69 Å². The number of methoxy groups -OCH3 is 1. The molecule has 0 saturated carbocycles. The number of nitrogens with one attached hydrogen (secondary N) is 2. The summed E-state index contributed by atoms with van der Waals surface area (Å²) in [5, 5.41) is 4.28. The molecule has 3 rings (SSSR count). The average molecular weight is 487 g/mol. The van der Waals surface area contributed by atoms with Crippen molar-refractivity contribution in [3.63, 3.8) is 0 Å². The topological polar surface area (TPSA) is 94.5 Å². The molecule has 1 aromatic heterocycles. The molecular weight excluding hydrogens is 464 g/mol. The molecule has 0 aliphatic carbocycles. The van der Waals surface area contributed by atoms with Crippen molar-refractivity contribution < 1.29 is 19.1 Å². The highest BCUT2D eigenvalue weighted by Gasteiger charge is 2.17. The third-order valence-electron chi connectivity index (χ3n) is 4.50. The van der Waals surface area contributed by atoms with E-state index < -0.39 is 11.8 Å². The molecule has 0 spiro atoms. The molecule has 31 heavy (non-hydrogen) atoms. The predicted octanol–water partition coefficient (Wildman–Crippen LogP) is 3.82. The van der Waals surface area contributed by atoms with Crippen LogP contribution in [0.15, 0.2) is 53.1 Å². The Morgan fingerprint density at radius 1 is 1.06 bits per heavy atom. The van der Waals surface area contributed by atoms with Crippen molar-refractivity contribution in [2.75, 3.05) is 13.7 Å². The van der Waals surface area contributed by atoms with Gasteiger partial charge in [-0.2, -0.15) is 5.10 Å². The molecule has 0 radical (unpaired) electrons. The molecule has 0 unspecified atom stereocenters. The van der Waals surface area contributed by atoms with E-state index in [1.54, 1.807) is 29.8 Å². The molecule has 2 amide bonds. The number of carbonyl (C=O) groups is 2. The lowest BCUT2D eigenvalue weighted by molar-refractivity contribution is 0.0846. The van der Waals surface area contributed by atoms with Gasteiger partial charge in [-0.05, 0) is 55.8 Å². The fourth-order valence-electron chi connectivity index (χ4n) is 2.87. The van der Waals surface area contributed by atoms with Crippen LogP contribution in [0, 0.1) is 6.92 Å². The first-order valence-electron chi connectivity index (χ1n) is 9.66. The molecule has 0 saturated heterocycles. The Morgan fingerprint density at radius 3 is 2.45 bits per heavy atom. The van der Waals surface area contributed by atoms with Crippen LogP contribution in [0.5, 0.6) is 11.5 Å². The third kappa shape index (κ3) is 5.24. The zero-order valence-corrected chi connectivity index (χ0v) is 19.0.